The lowest BCUT2D eigenvalue weighted by atomic mass is 10.1. The zero-order chi connectivity index (χ0) is 11.3. The summed E-state index contributed by atoms with van der Waals surface area (Å²) in [4.78, 5) is 0. The summed E-state index contributed by atoms with van der Waals surface area (Å²) >= 11 is 3.25. The molecule has 1 aromatic rings. The van der Waals surface area contributed by atoms with Crippen molar-refractivity contribution in [3.05, 3.63) is 35.4 Å². The minimum atomic E-state index is -2.42. The number of alkyl halides is 3. The first kappa shape index (κ1) is 12.6. The number of benzene rings is 1. The Balaban J connectivity index is 2.61. The molecule has 0 spiro atoms. The van der Waals surface area contributed by atoms with E-state index in [-0.39, 0.29) is 6.10 Å². The number of aryl methyl sites for hydroxylation is 1. The molecule has 0 aromatic heterocycles. The minimum Gasteiger partial charge on any atom is -0.367 e. The van der Waals surface area contributed by atoms with Gasteiger partial charge in [-0.1, -0.05) is 45.8 Å². The molecule has 0 aliphatic carbocycles. The molecular formula is C11H13BrF2O. The second kappa shape index (κ2) is 6.18. The third-order valence-electron chi connectivity index (χ3n) is 2.01. The average Bonchev–Trinajstić information content (AvgIpc) is 2.21. The molecule has 1 aromatic carbocycles. The lowest BCUT2D eigenvalue weighted by Gasteiger charge is -2.15. The lowest BCUT2D eigenvalue weighted by Crippen LogP contribution is -2.11. The molecule has 1 unspecified atom stereocenters. The molecule has 84 valence electrons. The van der Waals surface area contributed by atoms with Gasteiger partial charge < -0.3 is 4.74 Å². The van der Waals surface area contributed by atoms with E-state index in [0.29, 0.717) is 5.33 Å². The van der Waals surface area contributed by atoms with Crippen molar-refractivity contribution in [2.75, 3.05) is 11.9 Å². The minimum absolute atomic E-state index is 0.306. The van der Waals surface area contributed by atoms with Crippen LogP contribution in [0.3, 0.4) is 0 Å². The van der Waals surface area contributed by atoms with Crippen molar-refractivity contribution in [1.82, 2.24) is 0 Å². The quantitative estimate of drug-likeness (QED) is 0.746. The van der Waals surface area contributed by atoms with E-state index in [1.807, 2.05) is 31.2 Å². The maximum atomic E-state index is 12.0. The van der Waals surface area contributed by atoms with Gasteiger partial charge in [-0.15, -0.1) is 0 Å². The van der Waals surface area contributed by atoms with Crippen molar-refractivity contribution in [2.24, 2.45) is 0 Å². The fraction of sp³-hybridized carbons (Fsp3) is 0.455. The third kappa shape index (κ3) is 4.26. The molecule has 1 atom stereocenters. The van der Waals surface area contributed by atoms with E-state index >= 15 is 0 Å². The van der Waals surface area contributed by atoms with Gasteiger partial charge >= 0.3 is 0 Å². The van der Waals surface area contributed by atoms with Crippen LogP contribution in [0.5, 0.6) is 0 Å². The molecule has 0 saturated carbocycles. The van der Waals surface area contributed by atoms with Crippen molar-refractivity contribution >= 4 is 15.9 Å². The monoisotopic (exact) mass is 278 g/mol. The number of halogens is 3. The topological polar surface area (TPSA) is 9.23 Å². The first-order valence-corrected chi connectivity index (χ1v) is 5.78. The fourth-order valence-electron chi connectivity index (χ4n) is 1.20. The third-order valence-corrected chi connectivity index (χ3v) is 2.60. The normalized spacial score (nSPS) is 13.1. The van der Waals surface area contributed by atoms with Crippen molar-refractivity contribution < 1.29 is 13.5 Å². The smallest absolute Gasteiger partial charge is 0.261 e. The van der Waals surface area contributed by atoms with Crippen LogP contribution in [0.25, 0.3) is 0 Å². The van der Waals surface area contributed by atoms with E-state index in [4.69, 9.17) is 4.74 Å². The van der Waals surface area contributed by atoms with Crippen molar-refractivity contribution in [3.63, 3.8) is 0 Å². The van der Waals surface area contributed by atoms with Gasteiger partial charge in [0.05, 0.1) is 6.10 Å². The number of ether oxygens (including phenoxy) is 1. The summed E-state index contributed by atoms with van der Waals surface area (Å²) in [7, 11) is 0. The van der Waals surface area contributed by atoms with Gasteiger partial charge in [0.15, 0.2) is 0 Å². The van der Waals surface area contributed by atoms with Crippen LogP contribution in [-0.4, -0.2) is 18.4 Å². The van der Waals surface area contributed by atoms with E-state index in [2.05, 4.69) is 15.9 Å². The Labute approximate surface area is 96.6 Å². The largest absolute Gasteiger partial charge is 0.367 e. The summed E-state index contributed by atoms with van der Waals surface area (Å²) in [6.45, 7) is 1.46. The highest BCUT2D eigenvalue weighted by atomic mass is 79.9. The van der Waals surface area contributed by atoms with Gasteiger partial charge in [0.1, 0.15) is 6.61 Å². The highest BCUT2D eigenvalue weighted by Crippen LogP contribution is 2.20. The Kier molecular flexibility index (Phi) is 5.19. The molecule has 0 radical (unpaired) electrons. The van der Waals surface area contributed by atoms with Gasteiger partial charge in [0, 0.05) is 5.33 Å². The number of hydrogen-bond acceptors (Lipinski definition) is 1. The molecule has 0 N–H and O–H groups in total. The molecule has 0 amide bonds. The summed E-state index contributed by atoms with van der Waals surface area (Å²) in [5.41, 5.74) is 2.05. The highest BCUT2D eigenvalue weighted by molar-refractivity contribution is 9.09. The van der Waals surface area contributed by atoms with Crippen LogP contribution in [-0.2, 0) is 4.74 Å². The standard InChI is InChI=1S/C11H13BrF2O/c1-8-2-4-9(5-3-8)10(6-12)15-7-11(13)14/h2-5,10-11H,6-7H2,1H3. The van der Waals surface area contributed by atoms with Gasteiger partial charge in [0.25, 0.3) is 6.43 Å². The van der Waals surface area contributed by atoms with Crippen LogP contribution in [0.2, 0.25) is 0 Å². The SMILES string of the molecule is Cc1ccc(C(CBr)OCC(F)F)cc1. The molecule has 1 rings (SSSR count). The van der Waals surface area contributed by atoms with Crippen LogP contribution in [0, 0.1) is 6.92 Å². The maximum absolute atomic E-state index is 12.0. The van der Waals surface area contributed by atoms with Gasteiger partial charge in [0.2, 0.25) is 0 Å². The van der Waals surface area contributed by atoms with Crippen molar-refractivity contribution in [1.29, 1.82) is 0 Å². The van der Waals surface area contributed by atoms with Gasteiger partial charge in [-0.2, -0.15) is 0 Å². The van der Waals surface area contributed by atoms with Crippen LogP contribution >= 0.6 is 15.9 Å². The summed E-state index contributed by atoms with van der Waals surface area (Å²) in [6.07, 6.45) is -2.73. The van der Waals surface area contributed by atoms with Crippen molar-refractivity contribution in [2.45, 2.75) is 19.5 Å². The Morgan fingerprint density at radius 3 is 2.33 bits per heavy atom. The summed E-state index contributed by atoms with van der Waals surface area (Å²) in [5.74, 6) is 0. The first-order valence-electron chi connectivity index (χ1n) is 4.65. The summed E-state index contributed by atoms with van der Waals surface area (Å²) in [5, 5.41) is 0.517. The lowest BCUT2D eigenvalue weighted by molar-refractivity contribution is -0.0159. The molecule has 1 nitrogen and oxygen atoms in total. The Hall–Kier alpha value is -0.480. The van der Waals surface area contributed by atoms with Crippen LogP contribution < -0.4 is 0 Å². The van der Waals surface area contributed by atoms with Gasteiger partial charge in [-0.3, -0.25) is 0 Å². The van der Waals surface area contributed by atoms with Crippen LogP contribution in [0.1, 0.15) is 17.2 Å². The fourth-order valence-corrected chi connectivity index (χ4v) is 1.76. The molecule has 0 aliphatic rings. The number of rotatable bonds is 5. The van der Waals surface area contributed by atoms with E-state index in [9.17, 15) is 8.78 Å². The highest BCUT2D eigenvalue weighted by Gasteiger charge is 2.13. The average molecular weight is 279 g/mol. The molecule has 15 heavy (non-hydrogen) atoms. The van der Waals surface area contributed by atoms with Crippen molar-refractivity contribution in [3.8, 4) is 0 Å². The molecule has 0 aliphatic heterocycles. The Morgan fingerprint density at radius 1 is 1.27 bits per heavy atom. The molecule has 4 heteroatoms. The Morgan fingerprint density at radius 2 is 1.87 bits per heavy atom. The zero-order valence-electron chi connectivity index (χ0n) is 8.42. The molecule has 0 heterocycles. The summed E-state index contributed by atoms with van der Waals surface area (Å²) < 4.78 is 29.0. The molecule has 0 fully saturated rings. The van der Waals surface area contributed by atoms with Crippen LogP contribution in [0.4, 0.5) is 8.78 Å². The van der Waals surface area contributed by atoms with E-state index in [1.165, 1.54) is 0 Å². The number of hydrogen-bond donors (Lipinski definition) is 0. The predicted molar refractivity (Wildman–Crippen MR) is 59.7 cm³/mol. The van der Waals surface area contributed by atoms with Gasteiger partial charge in [-0.25, -0.2) is 8.78 Å². The molecular weight excluding hydrogens is 266 g/mol. The van der Waals surface area contributed by atoms with E-state index in [0.717, 1.165) is 11.1 Å². The predicted octanol–water partition coefficient (Wildman–Crippen LogP) is 3.71. The second-order valence-electron chi connectivity index (χ2n) is 3.28. The van der Waals surface area contributed by atoms with E-state index in [1.54, 1.807) is 0 Å². The van der Waals surface area contributed by atoms with Gasteiger partial charge in [-0.05, 0) is 12.5 Å². The Bertz CT molecular complexity index is 287. The summed E-state index contributed by atoms with van der Waals surface area (Å²) in [6, 6.07) is 7.67. The second-order valence-corrected chi connectivity index (χ2v) is 3.93. The molecule has 0 saturated heterocycles. The first-order chi connectivity index (χ1) is 7.13. The maximum Gasteiger partial charge on any atom is 0.261 e. The van der Waals surface area contributed by atoms with Crippen LogP contribution in [0.15, 0.2) is 24.3 Å². The molecule has 0 bridgehead atoms. The zero-order valence-corrected chi connectivity index (χ0v) is 10.0. The van der Waals surface area contributed by atoms with E-state index < -0.39 is 13.0 Å².